The molecule has 0 saturated heterocycles. The Morgan fingerprint density at radius 3 is 2.75 bits per heavy atom. The van der Waals surface area contributed by atoms with Gasteiger partial charge in [-0.3, -0.25) is 4.79 Å². The third-order valence-corrected chi connectivity index (χ3v) is 5.07. The number of hydrogen-bond acceptors (Lipinski definition) is 4. The Balaban J connectivity index is 1.46. The molecule has 0 fully saturated rings. The van der Waals surface area contributed by atoms with Crippen molar-refractivity contribution in [2.75, 3.05) is 23.3 Å². The van der Waals surface area contributed by atoms with E-state index in [1.165, 1.54) is 11.1 Å². The van der Waals surface area contributed by atoms with Crippen LogP contribution >= 0.6 is 11.6 Å². The van der Waals surface area contributed by atoms with Gasteiger partial charge in [-0.25, -0.2) is 9.97 Å². The van der Waals surface area contributed by atoms with E-state index in [0.29, 0.717) is 30.4 Å². The Hall–Kier alpha value is -2.92. The molecule has 3 aromatic rings. The number of amides is 1. The van der Waals surface area contributed by atoms with E-state index >= 15 is 0 Å². The minimum absolute atomic E-state index is 0.0869. The molecule has 0 spiro atoms. The molecule has 4 rings (SSSR count). The van der Waals surface area contributed by atoms with Crippen molar-refractivity contribution >= 4 is 29.0 Å². The quantitative estimate of drug-likeness (QED) is 0.703. The summed E-state index contributed by atoms with van der Waals surface area (Å²) in [7, 11) is 0. The Kier molecular flexibility index (Phi) is 5.26. The van der Waals surface area contributed by atoms with E-state index in [2.05, 4.69) is 21.4 Å². The van der Waals surface area contributed by atoms with Crippen LogP contribution in [0.2, 0.25) is 5.02 Å². The molecule has 1 amide bonds. The van der Waals surface area contributed by atoms with Crippen LogP contribution in [0.5, 0.6) is 0 Å². The van der Waals surface area contributed by atoms with Gasteiger partial charge in [-0.2, -0.15) is 0 Å². The summed E-state index contributed by atoms with van der Waals surface area (Å²) >= 11 is 5.92. The smallest absolute Gasteiger partial charge is 0.277 e. The number of para-hydroxylation sites is 1. The number of nitrogens with zero attached hydrogens (tertiary/aromatic N) is 3. The van der Waals surface area contributed by atoms with Crippen LogP contribution in [0, 0.1) is 6.92 Å². The molecule has 1 aromatic heterocycles. The van der Waals surface area contributed by atoms with E-state index in [-0.39, 0.29) is 5.91 Å². The maximum atomic E-state index is 13.0. The Morgan fingerprint density at radius 2 is 1.93 bits per heavy atom. The summed E-state index contributed by atoms with van der Waals surface area (Å²) in [6.07, 6.45) is 1.71. The van der Waals surface area contributed by atoms with Crippen molar-refractivity contribution in [1.82, 2.24) is 9.97 Å². The average Bonchev–Trinajstić information content (AvgIpc) is 3.13. The largest absolute Gasteiger partial charge is 0.370 e. The number of fused-ring (bicyclic) bond motifs is 1. The first-order chi connectivity index (χ1) is 13.6. The molecule has 5 nitrogen and oxygen atoms in total. The lowest BCUT2D eigenvalue weighted by molar-refractivity contribution is 0.0984. The maximum Gasteiger partial charge on any atom is 0.277 e. The number of benzene rings is 2. The molecule has 6 heteroatoms. The van der Waals surface area contributed by atoms with Crippen LogP contribution in [-0.4, -0.2) is 29.0 Å². The molecule has 2 heterocycles. The van der Waals surface area contributed by atoms with E-state index in [9.17, 15) is 4.79 Å². The van der Waals surface area contributed by atoms with Gasteiger partial charge in [-0.1, -0.05) is 41.9 Å². The van der Waals surface area contributed by atoms with Crippen LogP contribution in [0.1, 0.15) is 27.4 Å². The summed E-state index contributed by atoms with van der Waals surface area (Å²) in [5.74, 6) is 1.15. The number of aryl methyl sites for hydroxylation is 1. The molecule has 0 radical (unpaired) electrons. The fraction of sp³-hybridized carbons (Fsp3) is 0.227. The number of hydrogen-bond donors (Lipinski definition) is 1. The highest BCUT2D eigenvalue weighted by Crippen LogP contribution is 2.28. The molecule has 2 aromatic carbocycles. The predicted octanol–water partition coefficient (Wildman–Crippen LogP) is 4.30. The van der Waals surface area contributed by atoms with Crippen LogP contribution < -0.4 is 10.2 Å². The van der Waals surface area contributed by atoms with Crippen molar-refractivity contribution in [2.24, 2.45) is 0 Å². The van der Waals surface area contributed by atoms with E-state index in [4.69, 9.17) is 11.6 Å². The SMILES string of the molecule is Cc1nc(NCCc2ccc(Cl)cc2)cc(C(=O)N2CCc3ccccc32)n1. The third kappa shape index (κ3) is 3.99. The number of carbonyl (C=O) groups is 1. The van der Waals surface area contributed by atoms with Crippen molar-refractivity contribution in [3.63, 3.8) is 0 Å². The molecule has 142 valence electrons. The molecule has 0 aliphatic carbocycles. The Bertz CT molecular complexity index is 1000. The number of aromatic nitrogens is 2. The minimum atomic E-state index is -0.0869. The van der Waals surface area contributed by atoms with E-state index in [0.717, 1.165) is 23.6 Å². The third-order valence-electron chi connectivity index (χ3n) is 4.82. The predicted molar refractivity (Wildman–Crippen MR) is 112 cm³/mol. The van der Waals surface area contributed by atoms with Gasteiger partial charge in [-0.05, 0) is 49.1 Å². The molecule has 0 atom stereocenters. The number of halogens is 1. The topological polar surface area (TPSA) is 58.1 Å². The van der Waals surface area contributed by atoms with Crippen molar-refractivity contribution in [2.45, 2.75) is 19.8 Å². The zero-order chi connectivity index (χ0) is 19.5. The molecule has 0 unspecified atom stereocenters. The molecule has 1 aliphatic rings. The molecule has 0 bridgehead atoms. The first-order valence-electron chi connectivity index (χ1n) is 9.34. The maximum absolute atomic E-state index is 13.0. The highest BCUT2D eigenvalue weighted by Gasteiger charge is 2.26. The molecule has 1 aliphatic heterocycles. The molecule has 0 saturated carbocycles. The first kappa shape index (κ1) is 18.4. The fourth-order valence-corrected chi connectivity index (χ4v) is 3.57. The number of carbonyl (C=O) groups excluding carboxylic acids is 1. The summed E-state index contributed by atoms with van der Waals surface area (Å²) in [5, 5.41) is 4.03. The highest BCUT2D eigenvalue weighted by molar-refractivity contribution is 6.30. The summed E-state index contributed by atoms with van der Waals surface area (Å²) in [5.41, 5.74) is 3.77. The summed E-state index contributed by atoms with van der Waals surface area (Å²) in [6, 6.07) is 17.5. The lowest BCUT2D eigenvalue weighted by Crippen LogP contribution is -2.30. The van der Waals surface area contributed by atoms with Gasteiger partial charge in [0.25, 0.3) is 5.91 Å². The monoisotopic (exact) mass is 392 g/mol. The van der Waals surface area contributed by atoms with Crippen LogP contribution in [-0.2, 0) is 12.8 Å². The average molecular weight is 393 g/mol. The lowest BCUT2D eigenvalue weighted by Gasteiger charge is -2.17. The van der Waals surface area contributed by atoms with Gasteiger partial charge in [0, 0.05) is 29.9 Å². The van der Waals surface area contributed by atoms with Gasteiger partial charge in [0.2, 0.25) is 0 Å². The molecule has 28 heavy (non-hydrogen) atoms. The van der Waals surface area contributed by atoms with Crippen LogP contribution in [0.4, 0.5) is 11.5 Å². The highest BCUT2D eigenvalue weighted by atomic mass is 35.5. The first-order valence-corrected chi connectivity index (χ1v) is 9.72. The van der Waals surface area contributed by atoms with E-state index in [1.54, 1.807) is 17.9 Å². The summed E-state index contributed by atoms with van der Waals surface area (Å²) in [6.45, 7) is 3.19. The fourth-order valence-electron chi connectivity index (χ4n) is 3.44. The van der Waals surface area contributed by atoms with Crippen molar-refractivity contribution in [3.8, 4) is 0 Å². The second-order valence-electron chi connectivity index (χ2n) is 6.82. The minimum Gasteiger partial charge on any atom is -0.370 e. The zero-order valence-corrected chi connectivity index (χ0v) is 16.4. The number of anilines is 2. The van der Waals surface area contributed by atoms with Crippen molar-refractivity contribution < 1.29 is 4.79 Å². The van der Waals surface area contributed by atoms with E-state index < -0.39 is 0 Å². The Morgan fingerprint density at radius 1 is 1.14 bits per heavy atom. The lowest BCUT2D eigenvalue weighted by atomic mass is 10.1. The second-order valence-corrected chi connectivity index (χ2v) is 7.26. The van der Waals surface area contributed by atoms with Crippen LogP contribution in [0.15, 0.2) is 54.6 Å². The van der Waals surface area contributed by atoms with Crippen molar-refractivity contribution in [3.05, 3.63) is 82.3 Å². The molecular weight excluding hydrogens is 372 g/mol. The van der Waals surface area contributed by atoms with Gasteiger partial charge in [0.1, 0.15) is 17.3 Å². The second kappa shape index (κ2) is 7.98. The standard InChI is InChI=1S/C22H21ClN4O/c1-15-25-19(22(28)27-13-11-17-4-2-3-5-20(17)27)14-21(26-15)24-12-10-16-6-8-18(23)9-7-16/h2-9,14H,10-13H2,1H3,(H,24,25,26). The van der Waals surface area contributed by atoms with E-state index in [1.807, 2.05) is 42.5 Å². The van der Waals surface area contributed by atoms with Gasteiger partial charge < -0.3 is 10.2 Å². The van der Waals surface area contributed by atoms with Gasteiger partial charge in [-0.15, -0.1) is 0 Å². The molecule has 1 N–H and O–H groups in total. The van der Waals surface area contributed by atoms with Gasteiger partial charge in [0.15, 0.2) is 0 Å². The van der Waals surface area contributed by atoms with Crippen LogP contribution in [0.25, 0.3) is 0 Å². The number of nitrogens with one attached hydrogen (secondary N) is 1. The van der Waals surface area contributed by atoms with Crippen LogP contribution in [0.3, 0.4) is 0 Å². The number of rotatable bonds is 5. The zero-order valence-electron chi connectivity index (χ0n) is 15.7. The van der Waals surface area contributed by atoms with Gasteiger partial charge in [0.05, 0.1) is 0 Å². The Labute approximate surface area is 169 Å². The molecular formula is C22H21ClN4O. The van der Waals surface area contributed by atoms with Gasteiger partial charge >= 0.3 is 0 Å². The summed E-state index contributed by atoms with van der Waals surface area (Å²) in [4.78, 5) is 23.6. The normalized spacial score (nSPS) is 12.7. The van der Waals surface area contributed by atoms with Crippen molar-refractivity contribution in [1.29, 1.82) is 0 Å². The summed E-state index contributed by atoms with van der Waals surface area (Å²) < 4.78 is 0.